The van der Waals surface area contributed by atoms with Crippen molar-refractivity contribution in [3.63, 3.8) is 0 Å². The molecule has 0 unspecified atom stereocenters. The van der Waals surface area contributed by atoms with Crippen LogP contribution in [-0.4, -0.2) is 18.4 Å². The molecule has 3 rings (SSSR count). The van der Waals surface area contributed by atoms with E-state index in [0.717, 1.165) is 6.42 Å². The van der Waals surface area contributed by atoms with Crippen molar-refractivity contribution in [3.05, 3.63) is 54.1 Å². The van der Waals surface area contributed by atoms with E-state index in [4.69, 9.17) is 4.74 Å². The van der Waals surface area contributed by atoms with Gasteiger partial charge in [0.15, 0.2) is 0 Å². The summed E-state index contributed by atoms with van der Waals surface area (Å²) in [6.07, 6.45) is 6.53. The Kier molecular flexibility index (Phi) is 7.06. The number of ether oxygens (including phenoxy) is 1. The molecule has 1 aliphatic carbocycles. The van der Waals surface area contributed by atoms with Crippen molar-refractivity contribution in [1.82, 2.24) is 0 Å². The fourth-order valence-corrected chi connectivity index (χ4v) is 3.64. The van der Waals surface area contributed by atoms with Gasteiger partial charge in [-0.05, 0) is 49.6 Å². The van der Waals surface area contributed by atoms with Crippen LogP contribution in [0.5, 0.6) is 5.75 Å². The number of hydrogen-bond acceptors (Lipinski definition) is 3. The fourth-order valence-electron chi connectivity index (χ4n) is 3.64. The van der Waals surface area contributed by atoms with E-state index in [0.29, 0.717) is 41.6 Å². The van der Waals surface area contributed by atoms with Gasteiger partial charge in [-0.3, -0.25) is 9.59 Å². The largest absolute Gasteiger partial charge is 0.492 e. The zero-order chi connectivity index (χ0) is 19.8. The minimum absolute atomic E-state index is 0.00569. The van der Waals surface area contributed by atoms with Gasteiger partial charge in [-0.15, -0.1) is 0 Å². The highest BCUT2D eigenvalue weighted by molar-refractivity contribution is 6.06. The molecule has 0 aliphatic heterocycles. The molecule has 28 heavy (non-hydrogen) atoms. The van der Waals surface area contributed by atoms with Crippen molar-refractivity contribution in [2.45, 2.75) is 45.4 Å². The molecule has 2 amide bonds. The molecular formula is C23H28N2O3. The lowest BCUT2D eigenvalue weighted by Crippen LogP contribution is -2.15. The normalized spacial score (nSPS) is 13.9. The van der Waals surface area contributed by atoms with Gasteiger partial charge in [0.05, 0.1) is 12.3 Å². The van der Waals surface area contributed by atoms with Crippen molar-refractivity contribution >= 4 is 23.2 Å². The Labute approximate surface area is 166 Å². The second kappa shape index (κ2) is 9.93. The van der Waals surface area contributed by atoms with E-state index in [2.05, 4.69) is 10.6 Å². The lowest BCUT2D eigenvalue weighted by atomic mass is 10.0. The number of hydrogen-bond donors (Lipinski definition) is 2. The van der Waals surface area contributed by atoms with Gasteiger partial charge in [0.1, 0.15) is 5.75 Å². The number of para-hydroxylation sites is 2. The first-order valence-electron chi connectivity index (χ1n) is 10.1. The molecule has 2 N–H and O–H groups in total. The lowest BCUT2D eigenvalue weighted by molar-refractivity contribution is -0.116. The quantitative estimate of drug-likeness (QED) is 0.657. The molecule has 0 heterocycles. The number of rotatable bonds is 8. The molecule has 1 fully saturated rings. The monoisotopic (exact) mass is 380 g/mol. The highest BCUT2D eigenvalue weighted by atomic mass is 16.5. The molecule has 5 heteroatoms. The minimum Gasteiger partial charge on any atom is -0.492 e. The van der Waals surface area contributed by atoms with E-state index in [-0.39, 0.29) is 11.8 Å². The zero-order valence-electron chi connectivity index (χ0n) is 16.4. The molecule has 2 aromatic carbocycles. The summed E-state index contributed by atoms with van der Waals surface area (Å²) >= 11 is 0. The number of anilines is 2. The van der Waals surface area contributed by atoms with Gasteiger partial charge in [-0.1, -0.05) is 43.9 Å². The van der Waals surface area contributed by atoms with Gasteiger partial charge in [-0.2, -0.15) is 0 Å². The molecule has 0 spiro atoms. The van der Waals surface area contributed by atoms with Gasteiger partial charge >= 0.3 is 0 Å². The van der Waals surface area contributed by atoms with E-state index >= 15 is 0 Å². The van der Waals surface area contributed by atoms with E-state index < -0.39 is 0 Å². The maximum absolute atomic E-state index is 12.6. The van der Waals surface area contributed by atoms with Gasteiger partial charge in [0, 0.05) is 17.7 Å². The summed E-state index contributed by atoms with van der Waals surface area (Å²) in [5.41, 5.74) is 1.75. The van der Waals surface area contributed by atoms with Crippen LogP contribution in [0.25, 0.3) is 0 Å². The van der Waals surface area contributed by atoms with Crippen LogP contribution in [0.3, 0.4) is 0 Å². The molecule has 0 aromatic heterocycles. The summed E-state index contributed by atoms with van der Waals surface area (Å²) in [7, 11) is 0. The SMILES string of the molecule is CCOc1ccccc1NC(=O)c1cccc(NC(=O)CCC2CCCC2)c1. The van der Waals surface area contributed by atoms with Crippen molar-refractivity contribution in [2.24, 2.45) is 5.92 Å². The maximum atomic E-state index is 12.6. The molecule has 0 atom stereocenters. The van der Waals surface area contributed by atoms with Crippen LogP contribution in [0.4, 0.5) is 11.4 Å². The van der Waals surface area contributed by atoms with Crippen molar-refractivity contribution < 1.29 is 14.3 Å². The predicted molar refractivity (Wildman–Crippen MR) is 112 cm³/mol. The summed E-state index contributed by atoms with van der Waals surface area (Å²) in [5.74, 6) is 1.09. The fraction of sp³-hybridized carbons (Fsp3) is 0.391. The van der Waals surface area contributed by atoms with Gasteiger partial charge in [0.2, 0.25) is 5.91 Å². The Balaban J connectivity index is 1.59. The van der Waals surface area contributed by atoms with Crippen LogP contribution in [-0.2, 0) is 4.79 Å². The topological polar surface area (TPSA) is 67.4 Å². The first-order chi connectivity index (χ1) is 13.7. The molecule has 2 aromatic rings. The highest BCUT2D eigenvalue weighted by Gasteiger charge is 2.16. The summed E-state index contributed by atoms with van der Waals surface area (Å²) in [6.45, 7) is 2.42. The van der Waals surface area contributed by atoms with E-state index in [9.17, 15) is 9.59 Å². The zero-order valence-corrected chi connectivity index (χ0v) is 16.4. The van der Waals surface area contributed by atoms with Gasteiger partial charge in [-0.25, -0.2) is 0 Å². The number of amides is 2. The maximum Gasteiger partial charge on any atom is 0.255 e. The standard InChI is InChI=1S/C23H28N2O3/c1-2-28-21-13-6-5-12-20(21)25-23(27)18-10-7-11-19(16-18)24-22(26)15-14-17-8-3-4-9-17/h5-7,10-13,16-17H,2-4,8-9,14-15H2,1H3,(H,24,26)(H,25,27). The number of carbonyl (C=O) groups is 2. The third-order valence-electron chi connectivity index (χ3n) is 5.10. The number of carbonyl (C=O) groups excluding carboxylic acids is 2. The molecule has 1 saturated carbocycles. The molecular weight excluding hydrogens is 352 g/mol. The average Bonchev–Trinajstić information content (AvgIpc) is 3.22. The van der Waals surface area contributed by atoms with Crippen LogP contribution < -0.4 is 15.4 Å². The Hall–Kier alpha value is -2.82. The third-order valence-corrected chi connectivity index (χ3v) is 5.10. The summed E-state index contributed by atoms with van der Waals surface area (Å²) < 4.78 is 5.55. The van der Waals surface area contributed by atoms with Crippen LogP contribution in [0.1, 0.15) is 55.8 Å². The molecule has 5 nitrogen and oxygen atoms in total. The Morgan fingerprint density at radius 2 is 1.82 bits per heavy atom. The molecule has 0 bridgehead atoms. The van der Waals surface area contributed by atoms with Crippen LogP contribution >= 0.6 is 0 Å². The summed E-state index contributed by atoms with van der Waals surface area (Å²) in [4.78, 5) is 24.9. The van der Waals surface area contributed by atoms with Crippen molar-refractivity contribution in [1.29, 1.82) is 0 Å². The second-order valence-electron chi connectivity index (χ2n) is 7.20. The lowest BCUT2D eigenvalue weighted by Gasteiger charge is -2.12. The Morgan fingerprint density at radius 3 is 2.61 bits per heavy atom. The highest BCUT2D eigenvalue weighted by Crippen LogP contribution is 2.28. The Bertz CT molecular complexity index is 813. The van der Waals surface area contributed by atoms with Crippen molar-refractivity contribution in [2.75, 3.05) is 17.2 Å². The molecule has 0 radical (unpaired) electrons. The summed E-state index contributed by atoms with van der Waals surface area (Å²) in [5, 5.41) is 5.79. The average molecular weight is 380 g/mol. The summed E-state index contributed by atoms with van der Waals surface area (Å²) in [6, 6.07) is 14.3. The van der Waals surface area contributed by atoms with Crippen molar-refractivity contribution in [3.8, 4) is 5.75 Å². The smallest absolute Gasteiger partial charge is 0.255 e. The second-order valence-corrected chi connectivity index (χ2v) is 7.20. The van der Waals surface area contributed by atoms with Gasteiger partial charge < -0.3 is 15.4 Å². The van der Waals surface area contributed by atoms with E-state index in [1.807, 2.05) is 25.1 Å². The molecule has 0 saturated heterocycles. The predicted octanol–water partition coefficient (Wildman–Crippen LogP) is 5.25. The molecule has 148 valence electrons. The van der Waals surface area contributed by atoms with Crippen LogP contribution in [0.15, 0.2) is 48.5 Å². The van der Waals surface area contributed by atoms with E-state index in [1.165, 1.54) is 25.7 Å². The molecule has 1 aliphatic rings. The van der Waals surface area contributed by atoms with Gasteiger partial charge in [0.25, 0.3) is 5.91 Å². The van der Waals surface area contributed by atoms with E-state index in [1.54, 1.807) is 30.3 Å². The number of nitrogens with one attached hydrogen (secondary N) is 2. The van der Waals surface area contributed by atoms with Crippen LogP contribution in [0, 0.1) is 5.92 Å². The van der Waals surface area contributed by atoms with Crippen LogP contribution in [0.2, 0.25) is 0 Å². The number of benzene rings is 2. The third kappa shape index (κ3) is 5.59. The minimum atomic E-state index is -0.241. The first-order valence-corrected chi connectivity index (χ1v) is 10.1. The Morgan fingerprint density at radius 1 is 1.04 bits per heavy atom. The first kappa shape index (κ1) is 19.9.